The van der Waals surface area contributed by atoms with Gasteiger partial charge in [0, 0.05) is 6.07 Å². The lowest BCUT2D eigenvalue weighted by Gasteiger charge is -1.90. The van der Waals surface area contributed by atoms with Crippen molar-refractivity contribution in [3.05, 3.63) is 41.9 Å². The summed E-state index contributed by atoms with van der Waals surface area (Å²) < 4.78 is 3.56. The molecule has 0 saturated carbocycles. The Kier molecular flexibility index (Phi) is 3.84. The molecule has 3 heteroatoms. The monoisotopic (exact) mass is 269 g/mol. The number of aromatic nitrogens is 1. The fourth-order valence-electron chi connectivity index (χ4n) is 1.41. The summed E-state index contributed by atoms with van der Waals surface area (Å²) >= 11 is 1.78. The minimum Gasteiger partial charge on any atom is -1.00 e. The molecule has 14 heavy (non-hydrogen) atoms. The van der Waals surface area contributed by atoms with Crippen LogP contribution in [-0.4, -0.2) is 0 Å². The summed E-state index contributed by atoms with van der Waals surface area (Å²) in [5, 5.41) is 0. The van der Waals surface area contributed by atoms with Crippen LogP contribution >= 0.6 is 11.3 Å². The minimum atomic E-state index is 0. The topological polar surface area (TPSA) is 3.88 Å². The highest BCUT2D eigenvalue weighted by Gasteiger charge is 2.08. The van der Waals surface area contributed by atoms with Crippen molar-refractivity contribution >= 4 is 21.6 Å². The van der Waals surface area contributed by atoms with E-state index in [4.69, 9.17) is 0 Å². The standard InChI is InChI=1S/C11H12NS.BrH/c1-3-6-12-8-13-11-7-9(2)4-5-10(11)12;/h3-5,7-8H,1,6H2,2H3;1H/q+1;/p-1. The van der Waals surface area contributed by atoms with Crippen LogP contribution in [0.25, 0.3) is 10.2 Å². The van der Waals surface area contributed by atoms with Crippen LogP contribution in [0.4, 0.5) is 0 Å². The summed E-state index contributed by atoms with van der Waals surface area (Å²) in [6.07, 6.45) is 1.92. The van der Waals surface area contributed by atoms with Crippen LogP contribution in [0.1, 0.15) is 5.56 Å². The molecular formula is C11H12BrNS. The van der Waals surface area contributed by atoms with Gasteiger partial charge in [-0.15, -0.1) is 0 Å². The van der Waals surface area contributed by atoms with Gasteiger partial charge >= 0.3 is 0 Å². The number of rotatable bonds is 2. The van der Waals surface area contributed by atoms with Gasteiger partial charge in [0.25, 0.3) is 0 Å². The number of allylic oxidation sites excluding steroid dienone is 1. The third kappa shape index (κ3) is 2.04. The predicted molar refractivity (Wildman–Crippen MR) is 57.0 cm³/mol. The molecule has 0 amide bonds. The van der Waals surface area contributed by atoms with E-state index < -0.39 is 0 Å². The molecule has 74 valence electrons. The van der Waals surface area contributed by atoms with Crippen LogP contribution in [0.2, 0.25) is 0 Å². The third-order valence-electron chi connectivity index (χ3n) is 2.06. The fourth-order valence-corrected chi connectivity index (χ4v) is 2.41. The molecule has 0 radical (unpaired) electrons. The lowest BCUT2D eigenvalue weighted by molar-refractivity contribution is -0.656. The highest BCUT2D eigenvalue weighted by atomic mass is 79.9. The van der Waals surface area contributed by atoms with Crippen molar-refractivity contribution in [3.63, 3.8) is 0 Å². The second kappa shape index (κ2) is 4.71. The van der Waals surface area contributed by atoms with Gasteiger partial charge in [0.05, 0.1) is 0 Å². The molecule has 2 rings (SSSR count). The van der Waals surface area contributed by atoms with Crippen molar-refractivity contribution in [2.45, 2.75) is 13.5 Å². The molecule has 0 aliphatic rings. The third-order valence-corrected chi connectivity index (χ3v) is 3.00. The van der Waals surface area contributed by atoms with Crippen molar-refractivity contribution in [2.24, 2.45) is 0 Å². The average molecular weight is 270 g/mol. The maximum absolute atomic E-state index is 3.74. The molecule has 0 bridgehead atoms. The molecule has 1 nitrogen and oxygen atoms in total. The molecule has 2 aromatic rings. The maximum Gasteiger partial charge on any atom is 0.226 e. The predicted octanol–water partition coefficient (Wildman–Crippen LogP) is -0.313. The van der Waals surface area contributed by atoms with Crippen LogP contribution in [-0.2, 0) is 6.54 Å². The maximum atomic E-state index is 3.74. The Morgan fingerprint density at radius 2 is 2.29 bits per heavy atom. The van der Waals surface area contributed by atoms with Gasteiger partial charge < -0.3 is 17.0 Å². The molecular weight excluding hydrogens is 258 g/mol. The summed E-state index contributed by atoms with van der Waals surface area (Å²) in [5.41, 5.74) is 4.77. The Labute approximate surface area is 98.5 Å². The van der Waals surface area contributed by atoms with Gasteiger partial charge in [-0.3, -0.25) is 0 Å². The number of benzene rings is 1. The molecule has 1 heterocycles. The van der Waals surface area contributed by atoms with Gasteiger partial charge in [-0.1, -0.05) is 24.0 Å². The van der Waals surface area contributed by atoms with E-state index >= 15 is 0 Å². The summed E-state index contributed by atoms with van der Waals surface area (Å²) in [6, 6.07) is 6.54. The van der Waals surface area contributed by atoms with Crippen LogP contribution in [0, 0.1) is 6.92 Å². The number of fused-ring (bicyclic) bond motifs is 1. The lowest BCUT2D eigenvalue weighted by atomic mass is 10.2. The molecule has 0 N–H and O–H groups in total. The number of aryl methyl sites for hydroxylation is 1. The van der Waals surface area contributed by atoms with Crippen molar-refractivity contribution < 1.29 is 21.5 Å². The number of hydrogen-bond acceptors (Lipinski definition) is 1. The zero-order valence-electron chi connectivity index (χ0n) is 8.03. The second-order valence-electron chi connectivity index (χ2n) is 3.14. The molecule has 0 unspecified atom stereocenters. The van der Waals surface area contributed by atoms with Gasteiger partial charge in [0.2, 0.25) is 11.0 Å². The number of thiazole rings is 1. The molecule has 0 atom stereocenters. The van der Waals surface area contributed by atoms with E-state index in [9.17, 15) is 0 Å². The van der Waals surface area contributed by atoms with Crippen LogP contribution in [0.3, 0.4) is 0 Å². The second-order valence-corrected chi connectivity index (χ2v) is 4.02. The van der Waals surface area contributed by atoms with Gasteiger partial charge in [-0.2, -0.15) is 4.57 Å². The van der Waals surface area contributed by atoms with E-state index in [0.717, 1.165) is 6.54 Å². The SMILES string of the molecule is C=CC[n+]1csc2cc(C)ccc21.[Br-]. The van der Waals surface area contributed by atoms with E-state index in [1.54, 1.807) is 11.3 Å². The molecule has 1 aromatic heterocycles. The fraction of sp³-hybridized carbons (Fsp3) is 0.182. The van der Waals surface area contributed by atoms with Crippen molar-refractivity contribution in [1.82, 2.24) is 0 Å². The van der Waals surface area contributed by atoms with Gasteiger partial charge in [0.1, 0.15) is 4.70 Å². The number of halogens is 1. The van der Waals surface area contributed by atoms with Crippen molar-refractivity contribution in [1.29, 1.82) is 0 Å². The van der Waals surface area contributed by atoms with E-state index in [2.05, 4.69) is 41.8 Å². The Morgan fingerprint density at radius 3 is 3.00 bits per heavy atom. The van der Waals surface area contributed by atoms with Gasteiger partial charge in [0.15, 0.2) is 6.54 Å². The first kappa shape index (κ1) is 11.4. The number of hydrogen-bond donors (Lipinski definition) is 0. The zero-order chi connectivity index (χ0) is 9.26. The lowest BCUT2D eigenvalue weighted by Crippen LogP contribution is -3.00. The average Bonchev–Trinajstić information content (AvgIpc) is 2.49. The Morgan fingerprint density at radius 1 is 1.50 bits per heavy atom. The molecule has 1 aromatic carbocycles. The van der Waals surface area contributed by atoms with E-state index in [1.165, 1.54) is 15.8 Å². The summed E-state index contributed by atoms with van der Waals surface area (Å²) in [6.45, 7) is 6.76. The van der Waals surface area contributed by atoms with Crippen molar-refractivity contribution in [2.75, 3.05) is 0 Å². The van der Waals surface area contributed by atoms with Crippen LogP contribution < -0.4 is 21.5 Å². The quantitative estimate of drug-likeness (QED) is 0.520. The highest BCUT2D eigenvalue weighted by Crippen LogP contribution is 2.17. The minimum absolute atomic E-state index is 0. The Balaban J connectivity index is 0.000000980. The van der Waals surface area contributed by atoms with Gasteiger partial charge in [-0.05, 0) is 24.6 Å². The molecule has 0 aliphatic heterocycles. The largest absolute Gasteiger partial charge is 1.00 e. The first-order chi connectivity index (χ1) is 6.31. The summed E-state index contributed by atoms with van der Waals surface area (Å²) in [4.78, 5) is 0. The van der Waals surface area contributed by atoms with E-state index in [1.807, 2.05) is 6.08 Å². The highest BCUT2D eigenvalue weighted by molar-refractivity contribution is 7.16. The number of nitrogens with zero attached hydrogens (tertiary/aromatic N) is 1. The normalized spacial score (nSPS) is 9.79. The first-order valence-electron chi connectivity index (χ1n) is 4.29. The van der Waals surface area contributed by atoms with E-state index in [0.29, 0.717) is 0 Å². The summed E-state index contributed by atoms with van der Waals surface area (Å²) in [7, 11) is 0. The molecule has 0 aliphatic carbocycles. The summed E-state index contributed by atoms with van der Waals surface area (Å²) in [5.74, 6) is 0. The first-order valence-corrected chi connectivity index (χ1v) is 5.17. The zero-order valence-corrected chi connectivity index (χ0v) is 10.4. The van der Waals surface area contributed by atoms with Gasteiger partial charge in [-0.25, -0.2) is 0 Å². The smallest absolute Gasteiger partial charge is 0.226 e. The van der Waals surface area contributed by atoms with Crippen LogP contribution in [0.15, 0.2) is 36.4 Å². The Bertz CT molecular complexity index is 447. The van der Waals surface area contributed by atoms with E-state index in [-0.39, 0.29) is 17.0 Å². The Hall–Kier alpha value is -0.670. The molecule has 0 spiro atoms. The van der Waals surface area contributed by atoms with Crippen LogP contribution in [0.5, 0.6) is 0 Å². The molecule has 0 fully saturated rings. The molecule has 0 saturated heterocycles. The van der Waals surface area contributed by atoms with Crippen molar-refractivity contribution in [3.8, 4) is 0 Å².